The number of nitrogens with zero attached hydrogens (tertiary/aromatic N) is 1. The van der Waals surface area contributed by atoms with Crippen molar-refractivity contribution in [2.24, 2.45) is 0 Å². The van der Waals surface area contributed by atoms with Crippen LogP contribution in [0.4, 0.5) is 13.6 Å². The number of aryl methyl sites for hydroxylation is 1. The SMILES string of the molecule is O=C(NCCCCCc1ccccc1)n1c(=O)oc2cc(-c3ccc(F)c(F)c3)ccc21. The zero-order valence-corrected chi connectivity index (χ0v) is 17.3. The Morgan fingerprint density at radius 2 is 1.62 bits per heavy atom. The molecule has 164 valence electrons. The van der Waals surface area contributed by atoms with Crippen molar-refractivity contribution >= 4 is 17.1 Å². The van der Waals surface area contributed by atoms with Crippen LogP contribution in [0.5, 0.6) is 0 Å². The number of aromatic nitrogens is 1. The highest BCUT2D eigenvalue weighted by molar-refractivity contribution is 5.90. The van der Waals surface area contributed by atoms with Gasteiger partial charge in [0.2, 0.25) is 0 Å². The molecule has 0 aliphatic rings. The van der Waals surface area contributed by atoms with Gasteiger partial charge in [0.25, 0.3) is 0 Å². The van der Waals surface area contributed by atoms with Crippen LogP contribution in [-0.2, 0) is 6.42 Å². The van der Waals surface area contributed by atoms with E-state index in [4.69, 9.17) is 4.42 Å². The third-order valence-corrected chi connectivity index (χ3v) is 5.30. The first-order valence-electron chi connectivity index (χ1n) is 10.5. The number of carbonyl (C=O) groups excluding carboxylic acids is 1. The zero-order valence-electron chi connectivity index (χ0n) is 17.3. The summed E-state index contributed by atoms with van der Waals surface area (Å²) in [6, 6.07) is 17.9. The number of fused-ring (bicyclic) bond motifs is 1. The van der Waals surface area contributed by atoms with Crippen molar-refractivity contribution in [3.8, 4) is 11.1 Å². The van der Waals surface area contributed by atoms with Gasteiger partial charge in [-0.25, -0.2) is 18.4 Å². The van der Waals surface area contributed by atoms with Gasteiger partial charge < -0.3 is 9.73 Å². The second-order valence-corrected chi connectivity index (χ2v) is 7.54. The Balaban J connectivity index is 1.38. The largest absolute Gasteiger partial charge is 0.428 e. The average Bonchev–Trinajstić information content (AvgIpc) is 3.13. The number of rotatable bonds is 7. The van der Waals surface area contributed by atoms with Gasteiger partial charge in [-0.05, 0) is 60.2 Å². The van der Waals surface area contributed by atoms with Crippen molar-refractivity contribution in [3.05, 3.63) is 94.5 Å². The number of benzene rings is 3. The number of carbonyl (C=O) groups is 1. The van der Waals surface area contributed by atoms with Crippen LogP contribution >= 0.6 is 0 Å². The summed E-state index contributed by atoms with van der Waals surface area (Å²) in [4.78, 5) is 24.8. The molecule has 0 atom stereocenters. The van der Waals surface area contributed by atoms with Crippen LogP contribution in [0.25, 0.3) is 22.2 Å². The number of unbranched alkanes of at least 4 members (excludes halogenated alkanes) is 2. The molecule has 1 N–H and O–H groups in total. The van der Waals surface area contributed by atoms with Gasteiger partial charge in [0.15, 0.2) is 17.2 Å². The molecule has 0 saturated carbocycles. The summed E-state index contributed by atoms with van der Waals surface area (Å²) in [5.41, 5.74) is 2.76. The standard InChI is InChI=1S/C25H22F2N2O3/c26-20-12-10-18(15-21(20)27)19-11-13-22-23(16-19)32-25(31)29(22)24(30)28-14-6-2-5-9-17-7-3-1-4-8-17/h1,3-4,7-8,10-13,15-16H,2,5-6,9,14H2,(H,28,30). The predicted molar refractivity (Wildman–Crippen MR) is 119 cm³/mol. The maximum Gasteiger partial charge on any atom is 0.428 e. The van der Waals surface area contributed by atoms with Gasteiger partial charge in [0.05, 0.1) is 5.52 Å². The first kappa shape index (κ1) is 21.5. The van der Waals surface area contributed by atoms with Crippen molar-refractivity contribution in [1.29, 1.82) is 0 Å². The van der Waals surface area contributed by atoms with E-state index in [9.17, 15) is 18.4 Å². The third-order valence-electron chi connectivity index (χ3n) is 5.30. The Kier molecular flexibility index (Phi) is 6.44. The van der Waals surface area contributed by atoms with E-state index in [2.05, 4.69) is 17.4 Å². The smallest absolute Gasteiger partial charge is 0.407 e. The molecule has 1 heterocycles. The maximum atomic E-state index is 13.5. The molecule has 4 rings (SSSR count). The lowest BCUT2D eigenvalue weighted by Crippen LogP contribution is -2.34. The Labute approximate surface area is 183 Å². The molecule has 4 aromatic rings. The van der Waals surface area contributed by atoms with Gasteiger partial charge in [-0.1, -0.05) is 48.9 Å². The summed E-state index contributed by atoms with van der Waals surface area (Å²) in [5, 5.41) is 2.75. The van der Waals surface area contributed by atoms with E-state index in [0.717, 1.165) is 42.4 Å². The van der Waals surface area contributed by atoms with E-state index < -0.39 is 23.4 Å². The highest BCUT2D eigenvalue weighted by Gasteiger charge is 2.16. The summed E-state index contributed by atoms with van der Waals surface area (Å²) in [5.74, 6) is -2.71. The van der Waals surface area contributed by atoms with E-state index in [0.29, 0.717) is 23.2 Å². The molecule has 0 fully saturated rings. The van der Waals surface area contributed by atoms with E-state index in [-0.39, 0.29) is 5.58 Å². The molecule has 0 bridgehead atoms. The lowest BCUT2D eigenvalue weighted by molar-refractivity contribution is 0.241. The minimum absolute atomic E-state index is 0.190. The summed E-state index contributed by atoms with van der Waals surface area (Å²) >= 11 is 0. The average molecular weight is 436 g/mol. The van der Waals surface area contributed by atoms with E-state index in [1.54, 1.807) is 12.1 Å². The molecule has 3 aromatic carbocycles. The minimum atomic E-state index is -0.968. The van der Waals surface area contributed by atoms with Gasteiger partial charge in [-0.2, -0.15) is 4.57 Å². The fourth-order valence-corrected chi connectivity index (χ4v) is 3.62. The van der Waals surface area contributed by atoms with Crippen molar-refractivity contribution in [2.75, 3.05) is 6.54 Å². The molecule has 0 aliphatic carbocycles. The molecule has 0 radical (unpaired) electrons. The first-order chi connectivity index (χ1) is 15.5. The molecule has 1 amide bonds. The summed E-state index contributed by atoms with van der Waals surface area (Å²) < 4.78 is 32.9. The summed E-state index contributed by atoms with van der Waals surface area (Å²) in [7, 11) is 0. The van der Waals surface area contributed by atoms with Crippen molar-refractivity contribution < 1.29 is 18.0 Å². The van der Waals surface area contributed by atoms with Crippen molar-refractivity contribution in [3.63, 3.8) is 0 Å². The molecule has 0 aliphatic heterocycles. The van der Waals surface area contributed by atoms with Gasteiger partial charge in [-0.3, -0.25) is 0 Å². The lowest BCUT2D eigenvalue weighted by Gasteiger charge is -2.06. The molecule has 1 aromatic heterocycles. The van der Waals surface area contributed by atoms with Gasteiger partial charge >= 0.3 is 11.8 Å². The van der Waals surface area contributed by atoms with Crippen LogP contribution in [0.2, 0.25) is 0 Å². The number of amides is 1. The van der Waals surface area contributed by atoms with Gasteiger partial charge in [0, 0.05) is 6.54 Å². The van der Waals surface area contributed by atoms with Crippen molar-refractivity contribution in [2.45, 2.75) is 25.7 Å². The molecular formula is C25H22F2N2O3. The molecule has 0 spiro atoms. The van der Waals surface area contributed by atoms with E-state index >= 15 is 0 Å². The predicted octanol–water partition coefficient (Wildman–Crippen LogP) is 5.51. The summed E-state index contributed by atoms with van der Waals surface area (Å²) in [6.07, 6.45) is 3.75. The van der Waals surface area contributed by atoms with Gasteiger partial charge in [-0.15, -0.1) is 0 Å². The van der Waals surface area contributed by atoms with Crippen LogP contribution in [0, 0.1) is 11.6 Å². The van der Waals surface area contributed by atoms with Crippen LogP contribution in [0.3, 0.4) is 0 Å². The van der Waals surface area contributed by atoms with Crippen LogP contribution in [0.15, 0.2) is 75.9 Å². The Hall–Kier alpha value is -3.74. The second kappa shape index (κ2) is 9.60. The fourth-order valence-electron chi connectivity index (χ4n) is 3.62. The van der Waals surface area contributed by atoms with Crippen LogP contribution < -0.4 is 11.1 Å². The first-order valence-corrected chi connectivity index (χ1v) is 10.5. The molecule has 7 heteroatoms. The zero-order chi connectivity index (χ0) is 22.5. The topological polar surface area (TPSA) is 64.2 Å². The second-order valence-electron chi connectivity index (χ2n) is 7.54. The third kappa shape index (κ3) is 4.77. The normalized spacial score (nSPS) is 11.1. The molecule has 0 saturated heterocycles. The van der Waals surface area contributed by atoms with Gasteiger partial charge in [0.1, 0.15) is 0 Å². The quantitative estimate of drug-likeness (QED) is 0.389. The van der Waals surface area contributed by atoms with Crippen molar-refractivity contribution in [1.82, 2.24) is 9.88 Å². The number of hydrogen-bond acceptors (Lipinski definition) is 3. The number of halogens is 2. The van der Waals surface area contributed by atoms with E-state index in [1.807, 2.05) is 18.2 Å². The molecule has 0 unspecified atom stereocenters. The molecular weight excluding hydrogens is 414 g/mol. The molecule has 5 nitrogen and oxygen atoms in total. The fraction of sp³-hybridized carbons (Fsp3) is 0.200. The Morgan fingerprint density at radius 3 is 2.41 bits per heavy atom. The summed E-state index contributed by atoms with van der Waals surface area (Å²) in [6.45, 7) is 0.444. The highest BCUT2D eigenvalue weighted by Crippen LogP contribution is 2.25. The lowest BCUT2D eigenvalue weighted by atomic mass is 10.1. The Bertz CT molecular complexity index is 1300. The van der Waals surface area contributed by atoms with E-state index in [1.165, 1.54) is 17.7 Å². The molecule has 32 heavy (non-hydrogen) atoms. The highest BCUT2D eigenvalue weighted by atomic mass is 19.2. The number of hydrogen-bond donors (Lipinski definition) is 1. The maximum absolute atomic E-state index is 13.5. The minimum Gasteiger partial charge on any atom is -0.407 e. The Morgan fingerprint density at radius 1 is 0.875 bits per heavy atom. The monoisotopic (exact) mass is 436 g/mol. The van der Waals surface area contributed by atoms with Crippen LogP contribution in [-0.4, -0.2) is 17.1 Å². The number of nitrogens with one attached hydrogen (secondary N) is 1. The number of oxazole rings is 1. The van der Waals surface area contributed by atoms with Crippen LogP contribution in [0.1, 0.15) is 24.8 Å².